The SMILES string of the molecule is COc1c(C)cc(CCN(C)CC(C)CN)cc1C. The van der Waals surface area contributed by atoms with E-state index in [0.717, 1.165) is 31.8 Å². The van der Waals surface area contributed by atoms with Crippen LogP contribution in [0.4, 0.5) is 0 Å². The molecule has 0 spiro atoms. The third-order valence-electron chi connectivity index (χ3n) is 3.53. The molecule has 0 aliphatic heterocycles. The molecule has 0 aliphatic rings. The highest BCUT2D eigenvalue weighted by atomic mass is 16.5. The first-order chi connectivity index (χ1) is 8.97. The van der Waals surface area contributed by atoms with E-state index in [1.54, 1.807) is 7.11 Å². The number of aryl methyl sites for hydroxylation is 2. The lowest BCUT2D eigenvalue weighted by Crippen LogP contribution is -2.30. The van der Waals surface area contributed by atoms with Gasteiger partial charge in [0.15, 0.2) is 0 Å². The van der Waals surface area contributed by atoms with Crippen molar-refractivity contribution in [1.82, 2.24) is 4.90 Å². The lowest BCUT2D eigenvalue weighted by atomic mass is 10.0. The smallest absolute Gasteiger partial charge is 0.124 e. The molecule has 3 heteroatoms. The Balaban J connectivity index is 2.59. The lowest BCUT2D eigenvalue weighted by molar-refractivity contribution is 0.292. The first-order valence-corrected chi connectivity index (χ1v) is 7.00. The molecular weight excluding hydrogens is 236 g/mol. The zero-order chi connectivity index (χ0) is 14.4. The van der Waals surface area contributed by atoms with Gasteiger partial charge in [-0.05, 0) is 56.5 Å². The quantitative estimate of drug-likeness (QED) is 0.822. The second-order valence-electron chi connectivity index (χ2n) is 5.62. The Hall–Kier alpha value is -1.06. The fraction of sp³-hybridized carbons (Fsp3) is 0.625. The van der Waals surface area contributed by atoms with Crippen molar-refractivity contribution < 1.29 is 4.74 Å². The van der Waals surface area contributed by atoms with Gasteiger partial charge in [0.2, 0.25) is 0 Å². The summed E-state index contributed by atoms with van der Waals surface area (Å²) >= 11 is 0. The Bertz CT molecular complexity index is 381. The standard InChI is InChI=1S/C16H28N2O/c1-12(10-17)11-18(4)7-6-15-8-13(2)16(19-5)14(3)9-15/h8-9,12H,6-7,10-11,17H2,1-5H3. The molecule has 1 aromatic carbocycles. The molecule has 2 N–H and O–H groups in total. The summed E-state index contributed by atoms with van der Waals surface area (Å²) in [6.45, 7) is 9.29. The van der Waals surface area contributed by atoms with E-state index >= 15 is 0 Å². The van der Waals surface area contributed by atoms with Crippen LogP contribution < -0.4 is 10.5 Å². The third kappa shape index (κ3) is 4.84. The first-order valence-electron chi connectivity index (χ1n) is 7.00. The van der Waals surface area contributed by atoms with Crippen LogP contribution in [0.3, 0.4) is 0 Å². The van der Waals surface area contributed by atoms with Gasteiger partial charge in [0.05, 0.1) is 7.11 Å². The summed E-state index contributed by atoms with van der Waals surface area (Å²) in [5.41, 5.74) is 9.47. The highest BCUT2D eigenvalue weighted by Gasteiger charge is 2.08. The molecule has 0 heterocycles. The lowest BCUT2D eigenvalue weighted by Gasteiger charge is -2.20. The van der Waals surface area contributed by atoms with Crippen molar-refractivity contribution in [3.63, 3.8) is 0 Å². The number of ether oxygens (including phenoxy) is 1. The van der Waals surface area contributed by atoms with Gasteiger partial charge in [0.1, 0.15) is 5.75 Å². The summed E-state index contributed by atoms with van der Waals surface area (Å²) in [7, 11) is 3.90. The predicted octanol–water partition coefficient (Wildman–Crippen LogP) is 2.38. The molecule has 1 aromatic rings. The minimum Gasteiger partial charge on any atom is -0.496 e. The van der Waals surface area contributed by atoms with Gasteiger partial charge >= 0.3 is 0 Å². The molecule has 0 amide bonds. The average Bonchev–Trinajstić information content (AvgIpc) is 2.36. The number of nitrogens with two attached hydrogens (primary N) is 1. The number of likely N-dealkylation sites (N-methyl/N-ethyl adjacent to an activating group) is 1. The molecule has 0 aromatic heterocycles. The molecular formula is C16H28N2O. The molecule has 0 saturated heterocycles. The highest BCUT2D eigenvalue weighted by molar-refractivity contribution is 5.43. The summed E-state index contributed by atoms with van der Waals surface area (Å²) in [6, 6.07) is 4.46. The van der Waals surface area contributed by atoms with Crippen LogP contribution in [-0.2, 0) is 6.42 Å². The zero-order valence-electron chi connectivity index (χ0n) is 13.0. The van der Waals surface area contributed by atoms with Crippen LogP contribution in [0.15, 0.2) is 12.1 Å². The number of methoxy groups -OCH3 is 1. The van der Waals surface area contributed by atoms with E-state index in [9.17, 15) is 0 Å². The number of hydrogen-bond acceptors (Lipinski definition) is 3. The van der Waals surface area contributed by atoms with Crippen molar-refractivity contribution in [1.29, 1.82) is 0 Å². The second-order valence-corrected chi connectivity index (χ2v) is 5.62. The van der Waals surface area contributed by atoms with Gasteiger partial charge in [0.25, 0.3) is 0 Å². The van der Waals surface area contributed by atoms with Gasteiger partial charge in [-0.2, -0.15) is 0 Å². The summed E-state index contributed by atoms with van der Waals surface area (Å²) in [6.07, 6.45) is 1.07. The van der Waals surface area contributed by atoms with E-state index in [-0.39, 0.29) is 0 Å². The summed E-state index contributed by atoms with van der Waals surface area (Å²) in [5, 5.41) is 0. The molecule has 1 atom stereocenters. The van der Waals surface area contributed by atoms with Crippen LogP contribution in [0.2, 0.25) is 0 Å². The predicted molar refractivity (Wildman–Crippen MR) is 81.9 cm³/mol. The Kier molecular flexibility index (Phi) is 6.32. The molecule has 0 fully saturated rings. The molecule has 19 heavy (non-hydrogen) atoms. The van der Waals surface area contributed by atoms with Crippen molar-refractivity contribution in [2.45, 2.75) is 27.2 Å². The minimum absolute atomic E-state index is 0.560. The van der Waals surface area contributed by atoms with Gasteiger partial charge < -0.3 is 15.4 Å². The summed E-state index contributed by atoms with van der Waals surface area (Å²) in [5.74, 6) is 1.57. The van der Waals surface area contributed by atoms with Gasteiger partial charge in [0, 0.05) is 13.1 Å². The largest absolute Gasteiger partial charge is 0.496 e. The van der Waals surface area contributed by atoms with Crippen LogP contribution in [0.5, 0.6) is 5.75 Å². The maximum atomic E-state index is 5.66. The fourth-order valence-electron chi connectivity index (χ4n) is 2.52. The summed E-state index contributed by atoms with van der Waals surface area (Å²) < 4.78 is 5.40. The zero-order valence-corrected chi connectivity index (χ0v) is 13.0. The first kappa shape index (κ1) is 16.0. The van der Waals surface area contributed by atoms with E-state index in [1.165, 1.54) is 16.7 Å². The number of rotatable bonds is 7. The van der Waals surface area contributed by atoms with E-state index in [1.807, 2.05) is 0 Å². The van der Waals surface area contributed by atoms with Crippen molar-refractivity contribution in [3.05, 3.63) is 28.8 Å². The molecule has 3 nitrogen and oxygen atoms in total. The van der Waals surface area contributed by atoms with Crippen LogP contribution in [0.1, 0.15) is 23.6 Å². The molecule has 0 aliphatic carbocycles. The van der Waals surface area contributed by atoms with E-state index < -0.39 is 0 Å². The van der Waals surface area contributed by atoms with E-state index in [2.05, 4.69) is 44.9 Å². The number of benzene rings is 1. The molecule has 0 radical (unpaired) electrons. The molecule has 0 saturated carbocycles. The fourth-order valence-corrected chi connectivity index (χ4v) is 2.52. The van der Waals surface area contributed by atoms with Gasteiger partial charge in [-0.3, -0.25) is 0 Å². The third-order valence-corrected chi connectivity index (χ3v) is 3.53. The Labute approximate surface area is 117 Å². The Morgan fingerprint density at radius 3 is 2.32 bits per heavy atom. The second kappa shape index (κ2) is 7.51. The molecule has 1 unspecified atom stereocenters. The van der Waals surface area contributed by atoms with Crippen molar-refractivity contribution in [2.24, 2.45) is 11.7 Å². The topological polar surface area (TPSA) is 38.5 Å². The van der Waals surface area contributed by atoms with Gasteiger partial charge in [-0.1, -0.05) is 19.1 Å². The van der Waals surface area contributed by atoms with E-state index in [4.69, 9.17) is 10.5 Å². The molecule has 0 bridgehead atoms. The number of hydrogen-bond donors (Lipinski definition) is 1. The van der Waals surface area contributed by atoms with Crippen molar-refractivity contribution in [2.75, 3.05) is 33.8 Å². The summed E-state index contributed by atoms with van der Waals surface area (Å²) in [4.78, 5) is 2.35. The van der Waals surface area contributed by atoms with E-state index in [0.29, 0.717) is 5.92 Å². The number of nitrogens with zero attached hydrogens (tertiary/aromatic N) is 1. The molecule has 1 rings (SSSR count). The normalized spacial score (nSPS) is 12.8. The average molecular weight is 264 g/mol. The van der Waals surface area contributed by atoms with Crippen LogP contribution in [0, 0.1) is 19.8 Å². The van der Waals surface area contributed by atoms with Crippen molar-refractivity contribution >= 4 is 0 Å². The van der Waals surface area contributed by atoms with Gasteiger partial charge in [-0.15, -0.1) is 0 Å². The Morgan fingerprint density at radius 2 is 1.84 bits per heavy atom. The van der Waals surface area contributed by atoms with Crippen molar-refractivity contribution in [3.8, 4) is 5.75 Å². The van der Waals surface area contributed by atoms with Crippen LogP contribution >= 0.6 is 0 Å². The Morgan fingerprint density at radius 1 is 1.26 bits per heavy atom. The maximum Gasteiger partial charge on any atom is 0.124 e. The maximum absolute atomic E-state index is 5.66. The van der Waals surface area contributed by atoms with Crippen LogP contribution in [-0.4, -0.2) is 38.7 Å². The van der Waals surface area contributed by atoms with Gasteiger partial charge in [-0.25, -0.2) is 0 Å². The molecule has 108 valence electrons. The monoisotopic (exact) mass is 264 g/mol. The minimum atomic E-state index is 0.560. The van der Waals surface area contributed by atoms with Crippen LogP contribution in [0.25, 0.3) is 0 Å². The highest BCUT2D eigenvalue weighted by Crippen LogP contribution is 2.24.